The van der Waals surface area contributed by atoms with Crippen molar-refractivity contribution in [2.75, 3.05) is 0 Å². The second-order valence-corrected chi connectivity index (χ2v) is 2.69. The minimum atomic E-state index is 0. The number of Topliss-reactive ketones (excluding diaryl/α,β-unsaturated/α-hetero) is 1. The molecule has 2 saturated carbocycles. The van der Waals surface area contributed by atoms with Crippen LogP contribution in [-0.2, 0) is 24.3 Å². The number of rotatable bonds is 1. The van der Waals surface area contributed by atoms with Crippen LogP contribution < -0.4 is 0 Å². The van der Waals surface area contributed by atoms with Crippen LogP contribution >= 0.6 is 0 Å². The van der Waals surface area contributed by atoms with E-state index in [2.05, 4.69) is 0 Å². The van der Waals surface area contributed by atoms with Crippen LogP contribution in [0.15, 0.2) is 0 Å². The third kappa shape index (κ3) is 5.91. The first kappa shape index (κ1) is 14.3. The van der Waals surface area contributed by atoms with E-state index in [0.717, 1.165) is 5.92 Å². The molecule has 1 nitrogen and oxygen atoms in total. The van der Waals surface area contributed by atoms with Crippen molar-refractivity contribution in [3.63, 3.8) is 0 Å². The Kier molecular flexibility index (Phi) is 8.77. The zero-order valence-corrected chi connectivity index (χ0v) is 9.70. The molecule has 0 heterocycles. The Morgan fingerprint density at radius 3 is 1.43 bits per heavy atom. The van der Waals surface area contributed by atoms with Crippen LogP contribution in [0.25, 0.3) is 0 Å². The second-order valence-electron chi connectivity index (χ2n) is 2.69. The number of hydrogen-bond donors (Lipinski definition) is 0. The molecule has 2 aliphatic carbocycles. The normalized spacial score (nSPS) is 20.9. The van der Waals surface area contributed by atoms with Gasteiger partial charge in [-0.05, 0) is 64.7 Å². The minimum Gasteiger partial charge on any atom is -0.299 e. The van der Waals surface area contributed by atoms with E-state index in [4.69, 9.17) is 0 Å². The van der Waals surface area contributed by atoms with E-state index < -0.39 is 0 Å². The third-order valence-corrected chi connectivity index (χ3v) is 1.62. The quantitative estimate of drug-likeness (QED) is 0.668. The predicted octanol–water partition coefficient (Wildman–Crippen LogP) is 2.00. The summed E-state index contributed by atoms with van der Waals surface area (Å²) in [5.74, 6) is 0.931. The first-order chi connectivity index (χ1) is 6.30. The molecule has 0 aromatic carbocycles. The molecular weight excluding hydrogens is 261 g/mol. The maximum atomic E-state index is 10.5. The summed E-state index contributed by atoms with van der Waals surface area (Å²) in [5.41, 5.74) is 0. The fourth-order valence-electron chi connectivity index (χ4n) is 0.929. The maximum absolute atomic E-state index is 10.5. The molecule has 14 heavy (non-hydrogen) atoms. The van der Waals surface area contributed by atoms with Gasteiger partial charge in [-0.1, -0.05) is 0 Å². The van der Waals surface area contributed by atoms with Gasteiger partial charge in [0.2, 0.25) is 0 Å². The van der Waals surface area contributed by atoms with Crippen molar-refractivity contribution in [1.82, 2.24) is 0 Å². The fraction of sp³-hybridized carbons (Fsp3) is 0.0833. The fourth-order valence-corrected chi connectivity index (χ4v) is 0.929. The average molecular weight is 273 g/mol. The van der Waals surface area contributed by atoms with Gasteiger partial charge < -0.3 is 0 Å². The van der Waals surface area contributed by atoms with E-state index in [0.29, 0.717) is 0 Å². The molecule has 2 heteroatoms. The van der Waals surface area contributed by atoms with Crippen LogP contribution in [0.5, 0.6) is 0 Å². The number of hydrogen-bond acceptors (Lipinski definition) is 1. The van der Waals surface area contributed by atoms with E-state index >= 15 is 0 Å². The molecule has 0 bridgehead atoms. The predicted molar refractivity (Wildman–Crippen MR) is 52.6 cm³/mol. The van der Waals surface area contributed by atoms with Gasteiger partial charge in [0.1, 0.15) is 5.78 Å². The Bertz CT molecular complexity index is 139. The molecule has 0 amide bonds. The summed E-state index contributed by atoms with van der Waals surface area (Å²) < 4.78 is 0. The smallest absolute Gasteiger partial charge is 0.299 e. The molecule has 0 aliphatic heterocycles. The Morgan fingerprint density at radius 2 is 1.21 bits per heavy atom. The van der Waals surface area contributed by atoms with Gasteiger partial charge in [-0.25, -0.2) is 0 Å². The van der Waals surface area contributed by atoms with Gasteiger partial charge in [-0.2, -0.15) is 0 Å². The van der Waals surface area contributed by atoms with Gasteiger partial charge in [0.15, 0.2) is 0 Å². The standard InChI is InChI=1S/C7H7O.C5H5.Ru/c1-6(8)7-4-2-3-5-7;1-2-4-5-3-1;/h2-5H,1H3;1-5H;/q;;+2. The Labute approximate surface area is 101 Å². The summed E-state index contributed by atoms with van der Waals surface area (Å²) in [6.45, 7) is 1.56. The van der Waals surface area contributed by atoms with E-state index in [1.165, 1.54) is 0 Å². The molecule has 0 saturated heterocycles. The first-order valence-corrected chi connectivity index (χ1v) is 4.20. The molecule has 2 rings (SSSR count). The first-order valence-electron chi connectivity index (χ1n) is 4.20. The SMILES string of the molecule is CC(=O)[C]1[CH][CH][CH][CH]1.[CH]1[CH][CH][CH][CH]1.[Ru+2]. The van der Waals surface area contributed by atoms with Crippen molar-refractivity contribution in [3.05, 3.63) is 63.7 Å². The van der Waals surface area contributed by atoms with Crippen LogP contribution in [-0.4, -0.2) is 5.78 Å². The zero-order chi connectivity index (χ0) is 9.52. The van der Waals surface area contributed by atoms with Crippen LogP contribution in [0.3, 0.4) is 0 Å². The van der Waals surface area contributed by atoms with Crippen LogP contribution in [0.2, 0.25) is 0 Å². The molecule has 0 atom stereocenters. The molecule has 2 aliphatic rings. The maximum Gasteiger partial charge on any atom is 2.00 e. The van der Waals surface area contributed by atoms with Crippen LogP contribution in [0.4, 0.5) is 0 Å². The largest absolute Gasteiger partial charge is 2.00 e. The van der Waals surface area contributed by atoms with Crippen molar-refractivity contribution in [1.29, 1.82) is 0 Å². The second kappa shape index (κ2) is 8.59. The topological polar surface area (TPSA) is 17.1 Å². The van der Waals surface area contributed by atoms with Crippen LogP contribution in [0, 0.1) is 63.7 Å². The van der Waals surface area contributed by atoms with Crippen molar-refractivity contribution in [3.8, 4) is 0 Å². The molecular formula is C12H12ORu+2. The third-order valence-electron chi connectivity index (χ3n) is 1.62. The zero-order valence-electron chi connectivity index (χ0n) is 7.96. The Morgan fingerprint density at radius 1 is 0.857 bits per heavy atom. The molecule has 0 aromatic rings. The van der Waals surface area contributed by atoms with Gasteiger partial charge in [0.25, 0.3) is 0 Å². The molecule has 2 fully saturated rings. The van der Waals surface area contributed by atoms with Crippen molar-refractivity contribution < 1.29 is 24.3 Å². The van der Waals surface area contributed by atoms with Crippen molar-refractivity contribution in [2.24, 2.45) is 0 Å². The van der Waals surface area contributed by atoms with Crippen molar-refractivity contribution in [2.45, 2.75) is 6.92 Å². The van der Waals surface area contributed by atoms with Gasteiger partial charge >= 0.3 is 19.5 Å². The van der Waals surface area contributed by atoms with Gasteiger partial charge in [0.05, 0.1) is 0 Å². The number of ketones is 1. The Hall–Kier alpha value is 0.293. The van der Waals surface area contributed by atoms with Gasteiger partial charge in [-0.15, -0.1) is 0 Å². The average Bonchev–Trinajstić information content (AvgIpc) is 2.82. The molecule has 0 N–H and O–H groups in total. The summed E-state index contributed by atoms with van der Waals surface area (Å²) in [6, 6.07) is 0. The minimum absolute atomic E-state index is 0. The van der Waals surface area contributed by atoms with E-state index in [1.807, 2.05) is 57.8 Å². The number of carbonyl (C=O) groups excluding carboxylic acids is 1. The van der Waals surface area contributed by atoms with Gasteiger partial charge in [0, 0.05) is 5.92 Å². The molecule has 0 spiro atoms. The summed E-state index contributed by atoms with van der Waals surface area (Å²) in [7, 11) is 0. The number of carbonyl (C=O) groups is 1. The summed E-state index contributed by atoms with van der Waals surface area (Å²) in [6.07, 6.45) is 17.3. The Balaban J connectivity index is 0.000000246. The summed E-state index contributed by atoms with van der Waals surface area (Å²) >= 11 is 0. The molecule has 0 aromatic heterocycles. The van der Waals surface area contributed by atoms with E-state index in [1.54, 1.807) is 6.92 Å². The summed E-state index contributed by atoms with van der Waals surface area (Å²) in [4.78, 5) is 10.5. The molecule has 72 valence electrons. The van der Waals surface area contributed by atoms with Crippen LogP contribution in [0.1, 0.15) is 6.92 Å². The van der Waals surface area contributed by atoms with E-state index in [-0.39, 0.29) is 25.3 Å². The van der Waals surface area contributed by atoms with Gasteiger partial charge in [-0.3, -0.25) is 4.79 Å². The summed E-state index contributed by atoms with van der Waals surface area (Å²) in [5, 5.41) is 0. The van der Waals surface area contributed by atoms with Crippen molar-refractivity contribution >= 4 is 5.78 Å². The molecule has 10 radical (unpaired) electrons. The monoisotopic (exact) mass is 274 g/mol. The molecule has 0 unspecified atom stereocenters. The van der Waals surface area contributed by atoms with E-state index in [9.17, 15) is 4.79 Å².